The monoisotopic (exact) mass is 236 g/mol. The third-order valence-corrected chi connectivity index (χ3v) is 3.42. The molecule has 0 bridgehead atoms. The first-order valence-electron chi connectivity index (χ1n) is 3.77. The molecule has 80 valence electrons. The molecule has 0 aromatic heterocycles. The van der Waals surface area contributed by atoms with Gasteiger partial charge in [0, 0.05) is 6.16 Å². The average Bonchev–Trinajstić information content (AvgIpc) is 2.04. The van der Waals surface area contributed by atoms with Gasteiger partial charge in [-0.3, -0.25) is 4.57 Å². The maximum absolute atomic E-state index is 12.6. The van der Waals surface area contributed by atoms with Crippen molar-refractivity contribution in [1.29, 1.82) is 0 Å². The quantitative estimate of drug-likeness (QED) is 0.525. The zero-order valence-corrected chi connectivity index (χ0v) is 9.08. The van der Waals surface area contributed by atoms with Gasteiger partial charge >= 0.3 is 13.7 Å². The molecule has 0 saturated carbocycles. The predicted molar refractivity (Wildman–Crippen MR) is 46.5 cm³/mol. The highest BCUT2D eigenvalue weighted by Gasteiger charge is 2.38. The Balaban J connectivity index is 4.35. The molecule has 0 aliphatic rings. The van der Waals surface area contributed by atoms with Crippen LogP contribution in [0.2, 0.25) is 0 Å². The average molecular weight is 237 g/mol. The number of hydrogen-bond donors (Lipinski definition) is 0. The van der Waals surface area contributed by atoms with Gasteiger partial charge in [-0.15, -0.1) is 11.6 Å². The Bertz CT molecular complexity index is 200. The van der Waals surface area contributed by atoms with Crippen molar-refractivity contribution in [3.8, 4) is 0 Å². The molecule has 0 aliphatic heterocycles. The molecule has 0 N–H and O–H groups in total. The lowest BCUT2D eigenvalue weighted by atomic mass is 10.8. The molecule has 3 nitrogen and oxygen atoms in total. The second-order valence-electron chi connectivity index (χ2n) is 2.21. The minimum atomic E-state index is -3.67. The summed E-state index contributed by atoms with van der Waals surface area (Å²) in [6.07, 6.45) is -3.70. The fraction of sp³-hybridized carbons (Fsp3) is 1.00. The Morgan fingerprint density at radius 2 is 2.00 bits per heavy atom. The molecule has 7 heteroatoms. The SMILES string of the molecule is CCOP(=O)(CC)OC(F)(F)CCl. The molecule has 1 unspecified atom stereocenters. The van der Waals surface area contributed by atoms with Crippen molar-refractivity contribution in [2.75, 3.05) is 18.6 Å². The van der Waals surface area contributed by atoms with Gasteiger partial charge < -0.3 is 4.52 Å². The summed E-state index contributed by atoms with van der Waals surface area (Å²) in [7, 11) is -3.67. The fourth-order valence-corrected chi connectivity index (χ4v) is 1.97. The van der Waals surface area contributed by atoms with Gasteiger partial charge in [-0.25, -0.2) is 4.52 Å². The second-order valence-corrected chi connectivity index (χ2v) is 4.77. The Kier molecular flexibility index (Phi) is 5.37. The summed E-state index contributed by atoms with van der Waals surface area (Å²) in [6.45, 7) is 3.05. The minimum Gasteiger partial charge on any atom is -0.309 e. The van der Waals surface area contributed by atoms with E-state index in [1.54, 1.807) is 6.92 Å². The predicted octanol–water partition coefficient (Wildman–Crippen LogP) is 3.08. The van der Waals surface area contributed by atoms with Crippen LogP contribution < -0.4 is 0 Å². The molecule has 0 aliphatic carbocycles. The van der Waals surface area contributed by atoms with Gasteiger partial charge in [-0.1, -0.05) is 6.92 Å². The van der Waals surface area contributed by atoms with Crippen LogP contribution in [-0.4, -0.2) is 24.8 Å². The van der Waals surface area contributed by atoms with E-state index in [9.17, 15) is 13.3 Å². The normalized spacial score (nSPS) is 17.0. The van der Waals surface area contributed by atoms with Crippen molar-refractivity contribution in [1.82, 2.24) is 0 Å². The summed E-state index contributed by atoms with van der Waals surface area (Å²) in [5, 5.41) is 0. The van der Waals surface area contributed by atoms with Crippen molar-refractivity contribution >= 4 is 19.2 Å². The summed E-state index contributed by atoms with van der Waals surface area (Å²) in [5.41, 5.74) is 0. The molecule has 0 heterocycles. The third kappa shape index (κ3) is 4.91. The van der Waals surface area contributed by atoms with Crippen LogP contribution in [0.5, 0.6) is 0 Å². The Labute approximate surface area is 80.9 Å². The summed E-state index contributed by atoms with van der Waals surface area (Å²) in [6, 6.07) is 0. The Morgan fingerprint density at radius 3 is 2.31 bits per heavy atom. The largest absolute Gasteiger partial charge is 0.375 e. The fourth-order valence-electron chi connectivity index (χ4n) is 0.607. The number of halogens is 3. The zero-order chi connectivity index (χ0) is 10.5. The van der Waals surface area contributed by atoms with Crippen molar-refractivity contribution in [2.24, 2.45) is 0 Å². The highest BCUT2D eigenvalue weighted by molar-refractivity contribution is 7.53. The topological polar surface area (TPSA) is 35.5 Å². The van der Waals surface area contributed by atoms with E-state index in [0.717, 1.165) is 0 Å². The van der Waals surface area contributed by atoms with E-state index >= 15 is 0 Å². The van der Waals surface area contributed by atoms with Gasteiger partial charge in [-0.2, -0.15) is 8.78 Å². The molecule has 0 rings (SSSR count). The van der Waals surface area contributed by atoms with Crippen LogP contribution in [0.3, 0.4) is 0 Å². The van der Waals surface area contributed by atoms with Crippen LogP contribution in [0.1, 0.15) is 13.8 Å². The summed E-state index contributed by atoms with van der Waals surface area (Å²) in [5.74, 6) is -1.04. The smallest absolute Gasteiger partial charge is 0.309 e. The number of hydrogen-bond acceptors (Lipinski definition) is 3. The third-order valence-electron chi connectivity index (χ3n) is 1.14. The van der Waals surface area contributed by atoms with Gasteiger partial charge in [0.1, 0.15) is 5.88 Å². The lowest BCUT2D eigenvalue weighted by molar-refractivity contribution is -0.161. The Morgan fingerprint density at radius 1 is 1.46 bits per heavy atom. The standard InChI is InChI=1S/C6H12ClF2O3P/c1-3-11-13(10,4-2)12-6(8,9)5-7/h3-5H2,1-2H3. The molecular weight excluding hydrogens is 224 g/mol. The van der Waals surface area contributed by atoms with Crippen molar-refractivity contribution in [3.05, 3.63) is 0 Å². The van der Waals surface area contributed by atoms with Crippen LogP contribution in [-0.2, 0) is 13.6 Å². The molecule has 0 aromatic rings. The van der Waals surface area contributed by atoms with Crippen molar-refractivity contribution in [3.63, 3.8) is 0 Å². The van der Waals surface area contributed by atoms with E-state index in [-0.39, 0.29) is 12.8 Å². The molecule has 0 amide bonds. The molecule has 0 spiro atoms. The van der Waals surface area contributed by atoms with Gasteiger partial charge in [0.25, 0.3) is 0 Å². The van der Waals surface area contributed by atoms with E-state index in [1.807, 2.05) is 0 Å². The van der Waals surface area contributed by atoms with E-state index in [0.29, 0.717) is 0 Å². The zero-order valence-electron chi connectivity index (χ0n) is 7.43. The van der Waals surface area contributed by atoms with E-state index in [2.05, 4.69) is 9.05 Å². The van der Waals surface area contributed by atoms with E-state index in [4.69, 9.17) is 11.6 Å². The number of rotatable bonds is 6. The minimum absolute atomic E-state index is 0.0590. The summed E-state index contributed by atoms with van der Waals surface area (Å²) < 4.78 is 45.1. The lowest BCUT2D eigenvalue weighted by Crippen LogP contribution is -2.22. The maximum atomic E-state index is 12.6. The summed E-state index contributed by atoms with van der Waals surface area (Å²) >= 11 is 4.90. The van der Waals surface area contributed by atoms with E-state index in [1.165, 1.54) is 6.92 Å². The van der Waals surface area contributed by atoms with Gasteiger partial charge in [0.2, 0.25) is 0 Å². The molecular formula is C6H12ClF2O3P. The first kappa shape index (κ1) is 13.3. The molecule has 0 aromatic carbocycles. The van der Waals surface area contributed by atoms with E-state index < -0.39 is 19.6 Å². The van der Waals surface area contributed by atoms with Crippen molar-refractivity contribution < 1.29 is 22.4 Å². The maximum Gasteiger partial charge on any atom is 0.375 e. The van der Waals surface area contributed by atoms with Crippen LogP contribution in [0, 0.1) is 0 Å². The summed E-state index contributed by atoms with van der Waals surface area (Å²) in [4.78, 5) is 0. The first-order chi connectivity index (χ1) is 5.89. The van der Waals surface area contributed by atoms with Crippen molar-refractivity contribution in [2.45, 2.75) is 20.0 Å². The van der Waals surface area contributed by atoms with Gasteiger partial charge in [0.05, 0.1) is 6.61 Å². The molecule has 0 radical (unpaired) electrons. The molecule has 0 fully saturated rings. The molecule has 13 heavy (non-hydrogen) atoms. The van der Waals surface area contributed by atoms with Gasteiger partial charge in [-0.05, 0) is 6.92 Å². The molecule has 1 atom stereocenters. The van der Waals surface area contributed by atoms with Crippen LogP contribution >= 0.6 is 19.2 Å². The highest BCUT2D eigenvalue weighted by Crippen LogP contribution is 2.51. The highest BCUT2D eigenvalue weighted by atomic mass is 35.5. The lowest BCUT2D eigenvalue weighted by Gasteiger charge is -2.21. The van der Waals surface area contributed by atoms with Gasteiger partial charge in [0.15, 0.2) is 0 Å². The number of alkyl halides is 3. The first-order valence-corrected chi connectivity index (χ1v) is 6.03. The Hall–Kier alpha value is 0.300. The van der Waals surface area contributed by atoms with Crippen LogP contribution in [0.25, 0.3) is 0 Å². The van der Waals surface area contributed by atoms with Crippen LogP contribution in [0.15, 0.2) is 0 Å². The van der Waals surface area contributed by atoms with Crippen LogP contribution in [0.4, 0.5) is 8.78 Å². The molecule has 0 saturated heterocycles. The second kappa shape index (κ2) is 5.25.